The van der Waals surface area contributed by atoms with E-state index in [2.05, 4.69) is 37.2 Å². The van der Waals surface area contributed by atoms with Gasteiger partial charge < -0.3 is 15.0 Å². The second kappa shape index (κ2) is 11.5. The van der Waals surface area contributed by atoms with Crippen LogP contribution in [0.3, 0.4) is 0 Å². The maximum atomic E-state index is 13.2. The lowest BCUT2D eigenvalue weighted by Crippen LogP contribution is -2.49. The molecule has 0 fully saturated rings. The number of fused-ring (bicyclic) bond motifs is 1. The number of nitrogens with one attached hydrogen (secondary N) is 1. The summed E-state index contributed by atoms with van der Waals surface area (Å²) in [7, 11) is 0. The molecule has 7 heteroatoms. The van der Waals surface area contributed by atoms with E-state index in [-0.39, 0.29) is 18.4 Å². The van der Waals surface area contributed by atoms with Gasteiger partial charge in [-0.1, -0.05) is 65.3 Å². The fraction of sp³-hybridized carbons (Fsp3) is 0.280. The first-order valence-electron chi connectivity index (χ1n) is 10.5. The fourth-order valence-electron chi connectivity index (χ4n) is 3.31. The molecule has 0 unspecified atom stereocenters. The molecule has 0 aliphatic rings. The van der Waals surface area contributed by atoms with Crippen LogP contribution in [0.2, 0.25) is 0 Å². The summed E-state index contributed by atoms with van der Waals surface area (Å²) in [6.07, 6.45) is 0.832. The Kier molecular flexibility index (Phi) is 8.70. The van der Waals surface area contributed by atoms with Crippen molar-refractivity contribution in [2.24, 2.45) is 0 Å². The predicted octanol–water partition coefficient (Wildman–Crippen LogP) is 5.69. The standard InChI is InChI=1S/C25H26Br2N2O3/c1-3-14-28-25(31)17(2)29(15-18-8-11-20(26)12-9-18)23(30)16-32-22-13-10-19-6-4-5-7-21(19)24(22)27/h4-13,17H,3,14-16H2,1-2H3,(H,28,31)/t17-/m0/s1. The molecule has 0 aliphatic heterocycles. The van der Waals surface area contributed by atoms with Crippen LogP contribution < -0.4 is 10.1 Å². The van der Waals surface area contributed by atoms with E-state index in [0.29, 0.717) is 18.8 Å². The number of carbonyl (C=O) groups is 2. The smallest absolute Gasteiger partial charge is 0.261 e. The Morgan fingerprint density at radius 1 is 1.03 bits per heavy atom. The summed E-state index contributed by atoms with van der Waals surface area (Å²) in [5.41, 5.74) is 0.934. The van der Waals surface area contributed by atoms with Gasteiger partial charge in [0.15, 0.2) is 6.61 Å². The molecule has 0 saturated heterocycles. The Morgan fingerprint density at radius 3 is 2.47 bits per heavy atom. The van der Waals surface area contributed by atoms with Gasteiger partial charge in [0.05, 0.1) is 4.47 Å². The monoisotopic (exact) mass is 560 g/mol. The van der Waals surface area contributed by atoms with Gasteiger partial charge in [0, 0.05) is 17.6 Å². The van der Waals surface area contributed by atoms with Gasteiger partial charge in [-0.05, 0) is 63.8 Å². The van der Waals surface area contributed by atoms with Crippen LogP contribution in [0.15, 0.2) is 69.6 Å². The summed E-state index contributed by atoms with van der Waals surface area (Å²) >= 11 is 7.02. The predicted molar refractivity (Wildman–Crippen MR) is 135 cm³/mol. The van der Waals surface area contributed by atoms with Crippen LogP contribution in [0.4, 0.5) is 0 Å². The SMILES string of the molecule is CCCNC(=O)[C@H](C)N(Cc1ccc(Br)cc1)C(=O)COc1ccc2ccccc2c1Br. The second-order valence-electron chi connectivity index (χ2n) is 7.50. The van der Waals surface area contributed by atoms with Gasteiger partial charge in [-0.15, -0.1) is 0 Å². The summed E-state index contributed by atoms with van der Waals surface area (Å²) in [5, 5.41) is 4.97. The average Bonchev–Trinajstić information content (AvgIpc) is 2.81. The summed E-state index contributed by atoms with van der Waals surface area (Å²) in [4.78, 5) is 27.3. The van der Waals surface area contributed by atoms with E-state index in [1.807, 2.05) is 67.6 Å². The molecule has 168 valence electrons. The first-order valence-corrected chi connectivity index (χ1v) is 12.1. The highest BCUT2D eigenvalue weighted by Crippen LogP contribution is 2.33. The number of nitrogens with zero attached hydrogens (tertiary/aromatic N) is 1. The van der Waals surface area contributed by atoms with Gasteiger partial charge in [0.1, 0.15) is 11.8 Å². The number of carbonyl (C=O) groups excluding carboxylic acids is 2. The molecule has 1 atom stereocenters. The Bertz CT molecular complexity index is 1090. The van der Waals surface area contributed by atoms with Crippen molar-refractivity contribution in [2.45, 2.75) is 32.9 Å². The molecule has 0 heterocycles. The van der Waals surface area contributed by atoms with Crippen LogP contribution in [-0.4, -0.2) is 35.9 Å². The zero-order valence-electron chi connectivity index (χ0n) is 18.1. The van der Waals surface area contributed by atoms with Crippen molar-refractivity contribution in [3.05, 3.63) is 75.2 Å². The van der Waals surface area contributed by atoms with Gasteiger partial charge in [-0.25, -0.2) is 0 Å². The van der Waals surface area contributed by atoms with Crippen molar-refractivity contribution in [1.82, 2.24) is 10.2 Å². The molecule has 0 aromatic heterocycles. The van der Waals surface area contributed by atoms with E-state index >= 15 is 0 Å². The Labute approximate surface area is 205 Å². The van der Waals surface area contributed by atoms with E-state index in [9.17, 15) is 9.59 Å². The molecule has 1 N–H and O–H groups in total. The topological polar surface area (TPSA) is 58.6 Å². The molecule has 3 aromatic rings. The third-order valence-electron chi connectivity index (χ3n) is 5.16. The molecule has 5 nitrogen and oxygen atoms in total. The van der Waals surface area contributed by atoms with Crippen LogP contribution in [0.1, 0.15) is 25.8 Å². The van der Waals surface area contributed by atoms with Gasteiger partial charge in [-0.2, -0.15) is 0 Å². The second-order valence-corrected chi connectivity index (χ2v) is 9.21. The van der Waals surface area contributed by atoms with Gasteiger partial charge in [0.25, 0.3) is 5.91 Å². The molecule has 32 heavy (non-hydrogen) atoms. The Balaban J connectivity index is 1.77. The first kappa shape index (κ1) is 24.3. The lowest BCUT2D eigenvalue weighted by molar-refractivity contribution is -0.142. The molecule has 0 radical (unpaired) electrons. The number of amides is 2. The molecule has 3 aromatic carbocycles. The lowest BCUT2D eigenvalue weighted by Gasteiger charge is -2.29. The van der Waals surface area contributed by atoms with Crippen LogP contribution in [0.5, 0.6) is 5.75 Å². The minimum absolute atomic E-state index is 0.168. The highest BCUT2D eigenvalue weighted by Gasteiger charge is 2.26. The van der Waals surface area contributed by atoms with Crippen molar-refractivity contribution >= 4 is 54.4 Å². The van der Waals surface area contributed by atoms with E-state index in [0.717, 1.165) is 31.7 Å². The maximum Gasteiger partial charge on any atom is 0.261 e. The molecule has 0 bridgehead atoms. The molecule has 0 saturated carbocycles. The normalized spacial score (nSPS) is 11.8. The van der Waals surface area contributed by atoms with Crippen LogP contribution in [0.25, 0.3) is 10.8 Å². The van der Waals surface area contributed by atoms with Crippen molar-refractivity contribution in [1.29, 1.82) is 0 Å². The highest BCUT2D eigenvalue weighted by atomic mass is 79.9. The third-order valence-corrected chi connectivity index (χ3v) is 6.51. The summed E-state index contributed by atoms with van der Waals surface area (Å²) in [6, 6.07) is 18.8. The number of benzene rings is 3. The minimum atomic E-state index is -0.624. The molecule has 0 aliphatic carbocycles. The summed E-state index contributed by atoms with van der Waals surface area (Å²) < 4.78 is 7.64. The van der Waals surface area contributed by atoms with E-state index in [1.54, 1.807) is 11.8 Å². The Morgan fingerprint density at radius 2 is 1.75 bits per heavy atom. The zero-order chi connectivity index (χ0) is 23.1. The minimum Gasteiger partial charge on any atom is -0.483 e. The molecular weight excluding hydrogens is 536 g/mol. The molecule has 0 spiro atoms. The van der Waals surface area contributed by atoms with E-state index < -0.39 is 6.04 Å². The van der Waals surface area contributed by atoms with Crippen LogP contribution in [-0.2, 0) is 16.1 Å². The maximum absolute atomic E-state index is 13.2. The quantitative estimate of drug-likeness (QED) is 0.365. The Hall–Kier alpha value is -2.38. The van der Waals surface area contributed by atoms with Crippen molar-refractivity contribution in [2.75, 3.05) is 13.2 Å². The molecular formula is C25H26Br2N2O3. The van der Waals surface area contributed by atoms with Crippen LogP contribution in [0, 0.1) is 0 Å². The van der Waals surface area contributed by atoms with Crippen molar-refractivity contribution in [3.63, 3.8) is 0 Å². The average molecular weight is 562 g/mol. The van der Waals surface area contributed by atoms with Crippen molar-refractivity contribution in [3.8, 4) is 5.75 Å². The summed E-state index contributed by atoms with van der Waals surface area (Å²) in [6.45, 7) is 4.45. The van der Waals surface area contributed by atoms with Crippen LogP contribution >= 0.6 is 31.9 Å². The van der Waals surface area contributed by atoms with Gasteiger partial charge in [0.2, 0.25) is 5.91 Å². The number of halogens is 2. The molecule has 3 rings (SSSR count). The van der Waals surface area contributed by atoms with Crippen molar-refractivity contribution < 1.29 is 14.3 Å². The van der Waals surface area contributed by atoms with Gasteiger partial charge >= 0.3 is 0 Å². The largest absolute Gasteiger partial charge is 0.483 e. The summed E-state index contributed by atoms with van der Waals surface area (Å²) in [5.74, 6) is 0.153. The zero-order valence-corrected chi connectivity index (χ0v) is 21.3. The molecule has 2 amide bonds. The highest BCUT2D eigenvalue weighted by molar-refractivity contribution is 9.11. The van der Waals surface area contributed by atoms with E-state index in [4.69, 9.17) is 4.74 Å². The number of rotatable bonds is 9. The number of ether oxygens (including phenoxy) is 1. The first-order chi connectivity index (χ1) is 15.4. The lowest BCUT2D eigenvalue weighted by atomic mass is 10.1. The van der Waals surface area contributed by atoms with E-state index in [1.165, 1.54) is 0 Å². The number of hydrogen-bond donors (Lipinski definition) is 1. The third kappa shape index (κ3) is 6.11. The van der Waals surface area contributed by atoms with Gasteiger partial charge in [-0.3, -0.25) is 9.59 Å². The fourth-order valence-corrected chi connectivity index (χ4v) is 4.18. The number of hydrogen-bond acceptors (Lipinski definition) is 3.